The molecule has 0 fully saturated rings. The van der Waals surface area contributed by atoms with E-state index in [2.05, 4.69) is 32.5 Å². The van der Waals surface area contributed by atoms with E-state index in [1.165, 1.54) is 0 Å². The van der Waals surface area contributed by atoms with Gasteiger partial charge in [0.25, 0.3) is 0 Å². The van der Waals surface area contributed by atoms with Crippen LogP contribution in [0.1, 0.15) is 6.92 Å². The smallest absolute Gasteiger partial charge is 0.316 e. The van der Waals surface area contributed by atoms with Gasteiger partial charge in [-0.15, -0.1) is 0 Å². The van der Waals surface area contributed by atoms with Crippen molar-refractivity contribution in [2.45, 2.75) is 6.92 Å². The van der Waals surface area contributed by atoms with Crippen LogP contribution in [-0.2, 0) is 0 Å². The highest BCUT2D eigenvalue weighted by atomic mass is 79.9. The second-order valence-corrected chi connectivity index (χ2v) is 3.35. The highest BCUT2D eigenvalue weighted by Gasteiger charge is 1.95. The van der Waals surface area contributed by atoms with Gasteiger partial charge in [0.15, 0.2) is 0 Å². The van der Waals surface area contributed by atoms with Gasteiger partial charge in [0, 0.05) is 12.4 Å². The van der Waals surface area contributed by atoms with Gasteiger partial charge in [-0.3, -0.25) is 0 Å². The maximum atomic E-state index is 5.18. The molecule has 1 aromatic rings. The highest BCUT2D eigenvalue weighted by Crippen LogP contribution is 2.08. The Balaban J connectivity index is 2.53. The summed E-state index contributed by atoms with van der Waals surface area (Å²) in [5, 5.41) is 0. The molecule has 0 spiro atoms. The van der Waals surface area contributed by atoms with Crippen molar-refractivity contribution in [3.8, 4) is 6.01 Å². The normalized spacial score (nSPS) is 9.50. The molecule has 0 saturated heterocycles. The van der Waals surface area contributed by atoms with Crippen molar-refractivity contribution in [2.75, 3.05) is 6.61 Å². The van der Waals surface area contributed by atoms with Gasteiger partial charge in [-0.1, -0.05) is 6.58 Å². The minimum Gasteiger partial charge on any atom is -0.459 e. The quantitative estimate of drug-likeness (QED) is 0.745. The molecule has 1 heterocycles. The van der Waals surface area contributed by atoms with E-state index in [9.17, 15) is 0 Å². The van der Waals surface area contributed by atoms with E-state index in [4.69, 9.17) is 4.74 Å². The topological polar surface area (TPSA) is 35.0 Å². The summed E-state index contributed by atoms with van der Waals surface area (Å²) in [5.74, 6) is 0. The summed E-state index contributed by atoms with van der Waals surface area (Å²) < 4.78 is 6.02. The molecule has 0 bridgehead atoms. The molecule has 0 N–H and O–H groups in total. The van der Waals surface area contributed by atoms with Crippen molar-refractivity contribution in [2.24, 2.45) is 0 Å². The lowest BCUT2D eigenvalue weighted by Gasteiger charge is -2.01. The molecule has 64 valence electrons. The van der Waals surface area contributed by atoms with Crippen molar-refractivity contribution in [3.05, 3.63) is 29.0 Å². The Labute approximate surface area is 79.6 Å². The molecule has 0 saturated carbocycles. The van der Waals surface area contributed by atoms with Gasteiger partial charge in [0.1, 0.15) is 6.61 Å². The summed E-state index contributed by atoms with van der Waals surface area (Å²) in [5.41, 5.74) is 0.946. The monoisotopic (exact) mass is 228 g/mol. The molecule has 1 aromatic heterocycles. The van der Waals surface area contributed by atoms with Crippen LogP contribution in [0.3, 0.4) is 0 Å². The van der Waals surface area contributed by atoms with E-state index in [0.717, 1.165) is 10.0 Å². The largest absolute Gasteiger partial charge is 0.459 e. The first-order chi connectivity index (χ1) is 5.68. The number of hydrogen-bond acceptors (Lipinski definition) is 3. The SMILES string of the molecule is C=C(C)COc1ncc(Br)cn1. The second kappa shape index (κ2) is 4.21. The lowest BCUT2D eigenvalue weighted by molar-refractivity contribution is 0.323. The zero-order valence-electron chi connectivity index (χ0n) is 6.75. The van der Waals surface area contributed by atoms with E-state index in [-0.39, 0.29) is 0 Å². The maximum Gasteiger partial charge on any atom is 0.316 e. The van der Waals surface area contributed by atoms with Crippen LogP contribution >= 0.6 is 15.9 Å². The average molecular weight is 229 g/mol. The van der Waals surface area contributed by atoms with Crippen LogP contribution in [0.15, 0.2) is 29.0 Å². The van der Waals surface area contributed by atoms with E-state index in [1.807, 2.05) is 6.92 Å². The van der Waals surface area contributed by atoms with Crippen molar-refractivity contribution in [3.63, 3.8) is 0 Å². The minimum absolute atomic E-state index is 0.376. The Morgan fingerprint density at radius 1 is 1.58 bits per heavy atom. The van der Waals surface area contributed by atoms with Gasteiger partial charge in [0.05, 0.1) is 4.47 Å². The van der Waals surface area contributed by atoms with Crippen LogP contribution < -0.4 is 4.74 Å². The molecule has 0 radical (unpaired) electrons. The molecule has 12 heavy (non-hydrogen) atoms. The molecule has 3 nitrogen and oxygen atoms in total. The van der Waals surface area contributed by atoms with E-state index >= 15 is 0 Å². The van der Waals surface area contributed by atoms with Crippen LogP contribution in [0.25, 0.3) is 0 Å². The van der Waals surface area contributed by atoms with E-state index in [1.54, 1.807) is 12.4 Å². The maximum absolute atomic E-state index is 5.18. The van der Waals surface area contributed by atoms with Crippen molar-refractivity contribution in [1.82, 2.24) is 9.97 Å². The molecule has 4 heteroatoms. The lowest BCUT2D eigenvalue weighted by Crippen LogP contribution is -2.00. The molecular formula is C8H9BrN2O. The summed E-state index contributed by atoms with van der Waals surface area (Å²) >= 11 is 3.23. The van der Waals surface area contributed by atoms with E-state index < -0.39 is 0 Å². The first-order valence-corrected chi connectivity index (χ1v) is 4.22. The summed E-state index contributed by atoms with van der Waals surface area (Å²) in [6.07, 6.45) is 3.28. The van der Waals surface area contributed by atoms with E-state index in [0.29, 0.717) is 12.6 Å². The summed E-state index contributed by atoms with van der Waals surface area (Å²) in [4.78, 5) is 7.86. The summed E-state index contributed by atoms with van der Waals surface area (Å²) in [6, 6.07) is 0.376. The van der Waals surface area contributed by atoms with Gasteiger partial charge >= 0.3 is 6.01 Å². The standard InChI is InChI=1S/C8H9BrN2O/c1-6(2)5-12-8-10-3-7(9)4-11-8/h3-4H,1,5H2,2H3. The van der Waals surface area contributed by atoms with Crippen LogP contribution in [0, 0.1) is 0 Å². The Bertz CT molecular complexity index is 271. The third kappa shape index (κ3) is 3.00. The lowest BCUT2D eigenvalue weighted by atomic mass is 10.4. The van der Waals surface area contributed by atoms with Gasteiger partial charge < -0.3 is 4.74 Å². The van der Waals surface area contributed by atoms with Gasteiger partial charge in [-0.2, -0.15) is 0 Å². The van der Waals surface area contributed by atoms with Crippen molar-refractivity contribution < 1.29 is 4.74 Å². The Hall–Kier alpha value is -0.900. The Kier molecular flexibility index (Phi) is 3.22. The van der Waals surface area contributed by atoms with Crippen LogP contribution in [-0.4, -0.2) is 16.6 Å². The Morgan fingerprint density at radius 3 is 2.67 bits per heavy atom. The van der Waals surface area contributed by atoms with Crippen LogP contribution in [0.4, 0.5) is 0 Å². The summed E-state index contributed by atoms with van der Waals surface area (Å²) in [7, 11) is 0. The molecule has 0 amide bonds. The number of hydrogen-bond donors (Lipinski definition) is 0. The average Bonchev–Trinajstić information content (AvgIpc) is 2.03. The van der Waals surface area contributed by atoms with Crippen molar-refractivity contribution in [1.29, 1.82) is 0 Å². The van der Waals surface area contributed by atoms with Gasteiger partial charge in [-0.05, 0) is 28.4 Å². The fourth-order valence-corrected chi connectivity index (χ4v) is 0.767. The minimum atomic E-state index is 0.376. The molecule has 0 aliphatic heterocycles. The third-order valence-electron chi connectivity index (χ3n) is 1.04. The molecule has 0 unspecified atom stereocenters. The molecule has 0 aromatic carbocycles. The second-order valence-electron chi connectivity index (χ2n) is 2.43. The molecule has 0 aliphatic rings. The molecule has 0 aliphatic carbocycles. The number of nitrogens with zero attached hydrogens (tertiary/aromatic N) is 2. The van der Waals surface area contributed by atoms with Crippen molar-refractivity contribution >= 4 is 15.9 Å². The zero-order chi connectivity index (χ0) is 8.97. The number of ether oxygens (including phenoxy) is 1. The molecule has 0 atom stereocenters. The number of rotatable bonds is 3. The summed E-state index contributed by atoms with van der Waals surface area (Å²) in [6.45, 7) is 6.05. The first kappa shape index (κ1) is 9.19. The predicted molar refractivity (Wildman–Crippen MR) is 50.0 cm³/mol. The first-order valence-electron chi connectivity index (χ1n) is 3.43. The number of halogens is 1. The third-order valence-corrected chi connectivity index (χ3v) is 1.45. The van der Waals surface area contributed by atoms with Gasteiger partial charge in [0.2, 0.25) is 0 Å². The predicted octanol–water partition coefficient (Wildman–Crippen LogP) is 2.19. The Morgan fingerprint density at radius 2 is 2.17 bits per heavy atom. The molecular weight excluding hydrogens is 220 g/mol. The number of aromatic nitrogens is 2. The molecule has 1 rings (SSSR count). The highest BCUT2D eigenvalue weighted by molar-refractivity contribution is 9.10. The fraction of sp³-hybridized carbons (Fsp3) is 0.250. The van der Waals surface area contributed by atoms with Gasteiger partial charge in [-0.25, -0.2) is 9.97 Å². The van der Waals surface area contributed by atoms with Crippen LogP contribution in [0.5, 0.6) is 6.01 Å². The fourth-order valence-electron chi connectivity index (χ4n) is 0.563. The zero-order valence-corrected chi connectivity index (χ0v) is 8.34. The van der Waals surface area contributed by atoms with Crippen LogP contribution in [0.2, 0.25) is 0 Å².